The van der Waals surface area contributed by atoms with E-state index in [1.165, 1.54) is 94.4 Å². The Hall–Kier alpha value is -3.12. The molecule has 3 aromatic carbocycles. The predicted octanol–water partition coefficient (Wildman–Crippen LogP) is 9.66. The van der Waals surface area contributed by atoms with Gasteiger partial charge in [0.05, 0.1) is 31.0 Å². The van der Waals surface area contributed by atoms with Crippen LogP contribution in [0, 0.1) is 13.8 Å². The molecule has 0 fully saturated rings. The van der Waals surface area contributed by atoms with E-state index in [2.05, 4.69) is 85.6 Å². The van der Waals surface area contributed by atoms with Crippen LogP contribution in [0.15, 0.2) is 48.5 Å². The molecule has 8 aromatic rings. The van der Waals surface area contributed by atoms with Gasteiger partial charge >= 0.3 is 0 Å². The molecule has 0 spiro atoms. The summed E-state index contributed by atoms with van der Waals surface area (Å²) in [6, 6.07) is 18.8. The van der Waals surface area contributed by atoms with Crippen LogP contribution in [0.5, 0.6) is 0 Å². The molecule has 0 atom stereocenters. The first-order chi connectivity index (χ1) is 17.5. The van der Waals surface area contributed by atoms with Crippen molar-refractivity contribution >= 4 is 95.6 Å². The molecule has 1 aliphatic carbocycles. The maximum atomic E-state index is 2.49. The summed E-state index contributed by atoms with van der Waals surface area (Å²) in [7, 11) is 4.50. The monoisotopic (exact) mass is 518 g/mol. The highest BCUT2D eigenvalue weighted by Crippen LogP contribution is 2.52. The molecule has 174 valence electrons. The lowest BCUT2D eigenvalue weighted by Crippen LogP contribution is -1.89. The smallest absolute Gasteiger partial charge is 0.0714 e. The van der Waals surface area contributed by atoms with E-state index in [9.17, 15) is 0 Å². The molecule has 1 aliphatic rings. The second-order valence-electron chi connectivity index (χ2n) is 10.5. The third kappa shape index (κ3) is 2.24. The lowest BCUT2D eigenvalue weighted by atomic mass is 10.1. The van der Waals surface area contributed by atoms with Gasteiger partial charge in [-0.15, -0.1) is 34.0 Å². The topological polar surface area (TPSA) is 9.86 Å². The molecule has 5 aromatic heterocycles. The lowest BCUT2D eigenvalue weighted by molar-refractivity contribution is 0.979. The van der Waals surface area contributed by atoms with E-state index in [4.69, 9.17) is 0 Å². The van der Waals surface area contributed by atoms with Crippen LogP contribution >= 0.6 is 34.0 Å². The van der Waals surface area contributed by atoms with Gasteiger partial charge in [-0.05, 0) is 65.8 Å². The van der Waals surface area contributed by atoms with Crippen molar-refractivity contribution in [3.05, 3.63) is 70.8 Å². The van der Waals surface area contributed by atoms with E-state index in [0.29, 0.717) is 0 Å². The zero-order valence-electron chi connectivity index (χ0n) is 20.4. The van der Waals surface area contributed by atoms with E-state index in [1.54, 1.807) is 0 Å². The van der Waals surface area contributed by atoms with Crippen molar-refractivity contribution in [3.8, 4) is 10.6 Å². The summed E-state index contributed by atoms with van der Waals surface area (Å²) in [5.74, 6) is 0. The van der Waals surface area contributed by atoms with Crippen LogP contribution in [-0.2, 0) is 20.5 Å². The number of rotatable bonds is 0. The molecule has 2 nitrogen and oxygen atoms in total. The molecule has 0 aliphatic heterocycles. The highest BCUT2D eigenvalue weighted by molar-refractivity contribution is 7.33. The minimum Gasteiger partial charge on any atom is -0.343 e. The van der Waals surface area contributed by atoms with Crippen molar-refractivity contribution in [2.45, 2.75) is 20.3 Å². The molecule has 0 saturated carbocycles. The summed E-state index contributed by atoms with van der Waals surface area (Å²) in [6.45, 7) is 4.37. The molecule has 0 saturated heterocycles. The summed E-state index contributed by atoms with van der Waals surface area (Å²) in [4.78, 5) is 1.47. The van der Waals surface area contributed by atoms with Gasteiger partial charge in [-0.3, -0.25) is 0 Å². The Balaban J connectivity index is 1.33. The molecule has 9 rings (SSSR count). The number of benzene rings is 3. The molecule has 0 N–H and O–H groups in total. The standard InChI is InChI=1S/C31H22N2S3/c1-14-5-7-16-19-11-20-18-12-25-21(13-24(18)34-29(20)27(19)32(3)22(16)9-14)28-31(36-25)30-26(33(28)4)17-8-6-15(2)10-23(17)35-30/h5-10,12-13H,11H2,1-4H3. The van der Waals surface area contributed by atoms with E-state index in [-0.39, 0.29) is 0 Å². The van der Waals surface area contributed by atoms with E-state index < -0.39 is 0 Å². The SMILES string of the molecule is Cc1ccc2c(c1)sc1c3sc4cc5c6c(sc5cc4c3n(C)c21)-c1c(c2ccc(C)cc2n1C)C6. The van der Waals surface area contributed by atoms with Crippen molar-refractivity contribution in [1.82, 2.24) is 9.13 Å². The quantitative estimate of drug-likeness (QED) is 0.189. The van der Waals surface area contributed by atoms with Crippen LogP contribution in [-0.4, -0.2) is 9.13 Å². The Morgan fingerprint density at radius 2 is 1.25 bits per heavy atom. The largest absolute Gasteiger partial charge is 0.343 e. The van der Waals surface area contributed by atoms with Gasteiger partial charge in [-0.2, -0.15) is 0 Å². The molecule has 5 heteroatoms. The normalized spacial score (nSPS) is 13.4. The predicted molar refractivity (Wildman–Crippen MR) is 161 cm³/mol. The molecule has 5 heterocycles. The highest BCUT2D eigenvalue weighted by Gasteiger charge is 2.30. The van der Waals surface area contributed by atoms with Gasteiger partial charge in [0, 0.05) is 56.3 Å². The molecule has 0 radical (unpaired) electrons. The van der Waals surface area contributed by atoms with Crippen LogP contribution in [0.1, 0.15) is 22.3 Å². The second-order valence-corrected chi connectivity index (χ2v) is 13.6. The van der Waals surface area contributed by atoms with Crippen LogP contribution in [0.4, 0.5) is 0 Å². The fourth-order valence-corrected chi connectivity index (χ4v) is 10.7. The van der Waals surface area contributed by atoms with Gasteiger partial charge in [0.15, 0.2) is 0 Å². The first-order valence-electron chi connectivity index (χ1n) is 12.4. The Bertz CT molecular complexity index is 2280. The molecule has 0 amide bonds. The van der Waals surface area contributed by atoms with Gasteiger partial charge in [0.1, 0.15) is 0 Å². The maximum absolute atomic E-state index is 2.49. The molecule has 36 heavy (non-hydrogen) atoms. The number of hydrogen-bond donors (Lipinski definition) is 0. The Labute approximate surface area is 219 Å². The first kappa shape index (κ1) is 20.0. The Kier molecular flexibility index (Phi) is 3.56. The number of hydrogen-bond acceptors (Lipinski definition) is 3. The number of thiophene rings is 3. The van der Waals surface area contributed by atoms with Crippen LogP contribution in [0.3, 0.4) is 0 Å². The average Bonchev–Trinajstić information content (AvgIpc) is 3.65. The van der Waals surface area contributed by atoms with Crippen molar-refractivity contribution in [1.29, 1.82) is 0 Å². The van der Waals surface area contributed by atoms with Gasteiger partial charge in [-0.25, -0.2) is 0 Å². The van der Waals surface area contributed by atoms with Crippen molar-refractivity contribution in [2.24, 2.45) is 14.1 Å². The van der Waals surface area contributed by atoms with Crippen LogP contribution in [0.2, 0.25) is 0 Å². The number of nitrogens with zero attached hydrogens (tertiary/aromatic N) is 2. The van der Waals surface area contributed by atoms with Crippen molar-refractivity contribution in [2.75, 3.05) is 0 Å². The van der Waals surface area contributed by atoms with Gasteiger partial charge in [-0.1, -0.05) is 24.3 Å². The number of aryl methyl sites for hydroxylation is 4. The van der Waals surface area contributed by atoms with Crippen molar-refractivity contribution < 1.29 is 0 Å². The Morgan fingerprint density at radius 3 is 2.06 bits per heavy atom. The first-order valence-corrected chi connectivity index (χ1v) is 14.8. The summed E-state index contributed by atoms with van der Waals surface area (Å²) in [5, 5.41) is 5.66. The van der Waals surface area contributed by atoms with Crippen molar-refractivity contribution in [3.63, 3.8) is 0 Å². The van der Waals surface area contributed by atoms with E-state index in [1.807, 2.05) is 34.0 Å². The molecule has 0 bridgehead atoms. The summed E-state index contributed by atoms with van der Waals surface area (Å²) in [6.07, 6.45) is 1.04. The third-order valence-corrected chi connectivity index (χ3v) is 12.0. The summed E-state index contributed by atoms with van der Waals surface area (Å²) >= 11 is 5.92. The third-order valence-electron chi connectivity index (χ3n) is 8.30. The van der Waals surface area contributed by atoms with Crippen LogP contribution < -0.4 is 0 Å². The zero-order chi connectivity index (χ0) is 24.0. The minimum absolute atomic E-state index is 1.04. The molecular formula is C31H22N2S3. The van der Waals surface area contributed by atoms with Gasteiger partial charge in [0.2, 0.25) is 0 Å². The molecular weight excluding hydrogens is 497 g/mol. The maximum Gasteiger partial charge on any atom is 0.0714 e. The molecule has 0 unspecified atom stereocenters. The minimum atomic E-state index is 1.04. The van der Waals surface area contributed by atoms with Gasteiger partial charge in [0.25, 0.3) is 0 Å². The van der Waals surface area contributed by atoms with E-state index >= 15 is 0 Å². The van der Waals surface area contributed by atoms with E-state index in [0.717, 1.165) is 6.42 Å². The number of aromatic nitrogens is 2. The average molecular weight is 519 g/mol. The summed E-state index contributed by atoms with van der Waals surface area (Å²) < 4.78 is 12.0. The second kappa shape index (κ2) is 6.41. The number of fused-ring (bicyclic) bond motifs is 14. The fourth-order valence-electron chi connectivity index (χ4n) is 6.64. The summed E-state index contributed by atoms with van der Waals surface area (Å²) in [5.41, 5.74) is 11.3. The van der Waals surface area contributed by atoms with Gasteiger partial charge < -0.3 is 9.13 Å². The fraction of sp³-hybridized carbons (Fsp3) is 0.161. The highest BCUT2D eigenvalue weighted by atomic mass is 32.1. The Morgan fingerprint density at radius 1 is 0.611 bits per heavy atom. The van der Waals surface area contributed by atoms with Crippen LogP contribution in [0.25, 0.3) is 72.2 Å². The zero-order valence-corrected chi connectivity index (χ0v) is 22.9. The lowest BCUT2D eigenvalue weighted by Gasteiger charge is -2.02.